The third-order valence-electron chi connectivity index (χ3n) is 3.96. The predicted molar refractivity (Wildman–Crippen MR) is 67.1 cm³/mol. The number of ether oxygens (including phenoxy) is 1. The van der Waals surface area contributed by atoms with Gasteiger partial charge in [-0.3, -0.25) is 4.79 Å². The lowest BCUT2D eigenvalue weighted by Gasteiger charge is -2.20. The van der Waals surface area contributed by atoms with Crippen LogP contribution < -0.4 is 5.32 Å². The fourth-order valence-electron chi connectivity index (χ4n) is 2.95. The number of carbonyl (C=O) groups excluding carboxylic acids is 1. The molecule has 2 aliphatic rings. The molecule has 2 saturated heterocycles. The molecule has 1 amide bonds. The third-order valence-corrected chi connectivity index (χ3v) is 3.96. The zero-order valence-corrected chi connectivity index (χ0v) is 10.9. The highest BCUT2D eigenvalue weighted by molar-refractivity contribution is 6.04. The van der Waals surface area contributed by atoms with Crippen LogP contribution in [0.1, 0.15) is 40.0 Å². The van der Waals surface area contributed by atoms with Crippen molar-refractivity contribution in [3.8, 4) is 0 Å². The maximum atomic E-state index is 13.3. The summed E-state index contributed by atoms with van der Waals surface area (Å²) in [7, 11) is 0. The second-order valence-electron chi connectivity index (χ2n) is 5.31. The molecule has 5 nitrogen and oxygen atoms in total. The van der Waals surface area contributed by atoms with E-state index in [0.29, 0.717) is 18.6 Å². The van der Waals surface area contributed by atoms with Crippen LogP contribution in [0.25, 0.3) is 0 Å². The summed E-state index contributed by atoms with van der Waals surface area (Å²) in [6.07, 6.45) is 2.46. The lowest BCUT2D eigenvalue weighted by atomic mass is 9.95. The van der Waals surface area contributed by atoms with Gasteiger partial charge in [-0.1, -0.05) is 0 Å². The van der Waals surface area contributed by atoms with E-state index in [4.69, 9.17) is 9.84 Å². The number of amides is 1. The lowest BCUT2D eigenvalue weighted by Crippen LogP contribution is -2.41. The van der Waals surface area contributed by atoms with Crippen molar-refractivity contribution in [2.45, 2.75) is 37.5 Å². The number of benzene rings is 1. The number of hydrogen-bond donors (Lipinski definition) is 2. The molecule has 2 aliphatic heterocycles. The first-order valence-electron chi connectivity index (χ1n) is 6.64. The predicted octanol–water partition coefficient (Wildman–Crippen LogP) is 1.71. The van der Waals surface area contributed by atoms with Crippen molar-refractivity contribution < 1.29 is 28.2 Å². The van der Waals surface area contributed by atoms with Gasteiger partial charge in [0.2, 0.25) is 0 Å². The number of carbonyl (C=O) groups is 2. The van der Waals surface area contributed by atoms with Gasteiger partial charge >= 0.3 is 5.97 Å². The highest BCUT2D eigenvalue weighted by Gasteiger charge is 2.41. The summed E-state index contributed by atoms with van der Waals surface area (Å²) in [5.41, 5.74) is -0.945. The van der Waals surface area contributed by atoms with Crippen LogP contribution >= 0.6 is 0 Å². The van der Waals surface area contributed by atoms with E-state index >= 15 is 0 Å². The van der Waals surface area contributed by atoms with E-state index in [1.165, 1.54) is 0 Å². The summed E-state index contributed by atoms with van der Waals surface area (Å²) >= 11 is 0. The van der Waals surface area contributed by atoms with E-state index in [-0.39, 0.29) is 23.8 Å². The Morgan fingerprint density at radius 2 is 1.86 bits per heavy atom. The Balaban J connectivity index is 1.84. The first-order valence-corrected chi connectivity index (χ1v) is 6.64. The maximum Gasteiger partial charge on any atom is 0.336 e. The first-order chi connectivity index (χ1) is 9.95. The SMILES string of the molecule is O=C(O)c1cc(F)c(F)cc1C(=O)NC1CC2CCC1O2. The van der Waals surface area contributed by atoms with Crippen molar-refractivity contribution in [3.05, 3.63) is 34.9 Å². The summed E-state index contributed by atoms with van der Waals surface area (Å²) in [4.78, 5) is 23.2. The van der Waals surface area contributed by atoms with E-state index in [0.717, 1.165) is 12.8 Å². The van der Waals surface area contributed by atoms with Gasteiger partial charge in [-0.05, 0) is 31.4 Å². The van der Waals surface area contributed by atoms with Crippen LogP contribution in [0.3, 0.4) is 0 Å². The third kappa shape index (κ3) is 2.49. The number of carboxylic acid groups (broad SMARTS) is 1. The van der Waals surface area contributed by atoms with Crippen LogP contribution in [0, 0.1) is 11.6 Å². The van der Waals surface area contributed by atoms with Gasteiger partial charge in [0.25, 0.3) is 5.91 Å². The smallest absolute Gasteiger partial charge is 0.336 e. The van der Waals surface area contributed by atoms with Crippen LogP contribution in [-0.2, 0) is 4.74 Å². The van der Waals surface area contributed by atoms with Crippen LogP contribution in [0.2, 0.25) is 0 Å². The van der Waals surface area contributed by atoms with E-state index in [1.54, 1.807) is 0 Å². The van der Waals surface area contributed by atoms with Gasteiger partial charge in [-0.2, -0.15) is 0 Å². The molecule has 0 spiro atoms. The number of carboxylic acids is 1. The van der Waals surface area contributed by atoms with Crippen molar-refractivity contribution in [1.82, 2.24) is 5.32 Å². The average Bonchev–Trinajstić information content (AvgIpc) is 3.03. The Morgan fingerprint density at radius 1 is 1.19 bits per heavy atom. The largest absolute Gasteiger partial charge is 0.478 e. The van der Waals surface area contributed by atoms with Gasteiger partial charge in [0, 0.05) is 0 Å². The van der Waals surface area contributed by atoms with Crippen LogP contribution in [0.4, 0.5) is 8.78 Å². The molecule has 2 fully saturated rings. The Kier molecular flexibility index (Phi) is 3.36. The lowest BCUT2D eigenvalue weighted by molar-refractivity contribution is 0.0688. The molecule has 2 N–H and O–H groups in total. The molecule has 0 aliphatic carbocycles. The zero-order valence-electron chi connectivity index (χ0n) is 10.9. The van der Waals surface area contributed by atoms with Gasteiger partial charge in [-0.25, -0.2) is 13.6 Å². The molecule has 21 heavy (non-hydrogen) atoms. The number of fused-ring (bicyclic) bond motifs is 2. The number of halogens is 2. The van der Waals surface area contributed by atoms with Gasteiger partial charge < -0.3 is 15.2 Å². The number of nitrogens with one attached hydrogen (secondary N) is 1. The van der Waals surface area contributed by atoms with Crippen molar-refractivity contribution in [2.24, 2.45) is 0 Å². The van der Waals surface area contributed by atoms with Crippen LogP contribution in [0.5, 0.6) is 0 Å². The van der Waals surface area contributed by atoms with E-state index in [1.807, 2.05) is 0 Å². The van der Waals surface area contributed by atoms with Crippen LogP contribution in [-0.4, -0.2) is 35.2 Å². The number of hydrogen-bond acceptors (Lipinski definition) is 3. The topological polar surface area (TPSA) is 75.6 Å². The molecule has 0 saturated carbocycles. The molecular formula is C14H13F2NO4. The Bertz CT molecular complexity index is 619. The summed E-state index contributed by atoms with van der Waals surface area (Å²) < 4.78 is 32.0. The minimum Gasteiger partial charge on any atom is -0.478 e. The van der Waals surface area contributed by atoms with Crippen molar-refractivity contribution >= 4 is 11.9 Å². The molecule has 2 heterocycles. The number of aromatic carboxylic acids is 1. The molecule has 112 valence electrons. The second kappa shape index (κ2) is 5.07. The quantitative estimate of drug-likeness (QED) is 0.890. The zero-order chi connectivity index (χ0) is 15.1. The first kappa shape index (κ1) is 13.9. The minimum absolute atomic E-state index is 0.0856. The van der Waals surface area contributed by atoms with Crippen molar-refractivity contribution in [2.75, 3.05) is 0 Å². The Labute approximate surface area is 118 Å². The molecule has 3 unspecified atom stereocenters. The van der Waals surface area contributed by atoms with Gasteiger partial charge in [0.15, 0.2) is 11.6 Å². The molecular weight excluding hydrogens is 284 g/mol. The monoisotopic (exact) mass is 297 g/mol. The van der Waals surface area contributed by atoms with Gasteiger partial charge in [0.1, 0.15) is 0 Å². The van der Waals surface area contributed by atoms with Gasteiger partial charge in [-0.15, -0.1) is 0 Å². The maximum absolute atomic E-state index is 13.3. The van der Waals surface area contributed by atoms with Crippen molar-refractivity contribution in [3.63, 3.8) is 0 Å². The molecule has 0 aromatic heterocycles. The normalized spacial score (nSPS) is 26.9. The summed E-state index contributed by atoms with van der Waals surface area (Å²) in [5.74, 6) is -4.77. The molecule has 3 atom stereocenters. The molecule has 2 bridgehead atoms. The van der Waals surface area contributed by atoms with Crippen LogP contribution in [0.15, 0.2) is 12.1 Å². The van der Waals surface area contributed by atoms with E-state index < -0.39 is 29.1 Å². The average molecular weight is 297 g/mol. The Morgan fingerprint density at radius 3 is 2.38 bits per heavy atom. The van der Waals surface area contributed by atoms with Crippen molar-refractivity contribution in [1.29, 1.82) is 0 Å². The molecule has 7 heteroatoms. The summed E-state index contributed by atoms with van der Waals surface area (Å²) in [6.45, 7) is 0. The van der Waals surface area contributed by atoms with Gasteiger partial charge in [0.05, 0.1) is 29.4 Å². The summed E-state index contributed by atoms with van der Waals surface area (Å²) in [5, 5.41) is 11.7. The Hall–Kier alpha value is -2.02. The highest BCUT2D eigenvalue weighted by atomic mass is 19.2. The van der Waals surface area contributed by atoms with E-state index in [2.05, 4.69) is 5.32 Å². The molecule has 1 aromatic carbocycles. The summed E-state index contributed by atoms with van der Waals surface area (Å²) in [6, 6.07) is 0.914. The van der Waals surface area contributed by atoms with E-state index in [9.17, 15) is 18.4 Å². The minimum atomic E-state index is -1.48. The fourth-order valence-corrected chi connectivity index (χ4v) is 2.95. The fraction of sp³-hybridized carbons (Fsp3) is 0.429. The number of rotatable bonds is 3. The highest BCUT2D eigenvalue weighted by Crippen LogP contribution is 2.34. The molecule has 1 aromatic rings. The second-order valence-corrected chi connectivity index (χ2v) is 5.31. The standard InChI is InChI=1S/C14H13F2NO4/c15-9-4-7(8(14(19)20)5-10(9)16)13(18)17-11-3-6-1-2-12(11)21-6/h4-6,11-12H,1-3H2,(H,17,18)(H,19,20). The molecule has 3 rings (SSSR count). The molecule has 0 radical (unpaired) electrons.